The Balaban J connectivity index is 2.50. The van der Waals surface area contributed by atoms with E-state index in [0.29, 0.717) is 0 Å². The molecule has 0 saturated carbocycles. The van der Waals surface area contributed by atoms with Crippen LogP contribution in [-0.2, 0) is 0 Å². The van der Waals surface area contributed by atoms with Gasteiger partial charge >= 0.3 is 12.6 Å². The highest BCUT2D eigenvalue weighted by Crippen LogP contribution is 2.31. The van der Waals surface area contributed by atoms with Gasteiger partial charge in [-0.05, 0) is 12.1 Å². The summed E-state index contributed by atoms with van der Waals surface area (Å²) in [5, 5.41) is 15.0. The molecule has 1 aromatic heterocycles. The predicted molar refractivity (Wildman–Crippen MR) is 57.6 cm³/mol. The van der Waals surface area contributed by atoms with Gasteiger partial charge in [0, 0.05) is 5.56 Å². The molecule has 1 aromatic carbocycles. The molecule has 0 fully saturated rings. The van der Waals surface area contributed by atoms with Gasteiger partial charge in [-0.15, -0.1) is 0 Å². The Morgan fingerprint density at radius 1 is 1.39 bits per heavy atom. The number of carbonyl (C=O) groups is 1. The van der Waals surface area contributed by atoms with E-state index in [-0.39, 0.29) is 22.6 Å². The van der Waals surface area contributed by atoms with E-state index in [0.717, 1.165) is 6.20 Å². The number of ether oxygens (including phenoxy) is 1. The van der Waals surface area contributed by atoms with E-state index in [1.54, 1.807) is 6.07 Å². The lowest BCUT2D eigenvalue weighted by atomic mass is 10.1. The number of nitrogens with one attached hydrogen (secondary N) is 1. The minimum absolute atomic E-state index is 0.111. The number of hydrogen-bond acceptors (Lipinski definition) is 3. The first-order valence-electron chi connectivity index (χ1n) is 4.90. The third-order valence-electron chi connectivity index (χ3n) is 2.24. The third-order valence-corrected chi connectivity index (χ3v) is 2.24. The van der Waals surface area contributed by atoms with Crippen LogP contribution in [0.3, 0.4) is 0 Å². The van der Waals surface area contributed by atoms with Gasteiger partial charge in [0.2, 0.25) is 0 Å². The summed E-state index contributed by atoms with van der Waals surface area (Å²) in [5.74, 6) is -1.31. The largest absolute Gasteiger partial charge is 0.478 e. The predicted octanol–water partition coefficient (Wildman–Crippen LogP) is 2.38. The highest BCUT2D eigenvalue weighted by Gasteiger charge is 2.18. The number of benzene rings is 1. The standard InChI is InChI=1S/C11H8F2N2O3/c12-11(13)18-8-4-2-1-3-6(8)9-7(10(16)17)5-14-15-9/h1-5,11H,(H,14,15)(H,16,17). The molecule has 0 aliphatic heterocycles. The molecule has 2 rings (SSSR count). The minimum atomic E-state index is -2.98. The maximum absolute atomic E-state index is 12.2. The Labute approximate surface area is 100 Å². The van der Waals surface area contributed by atoms with Crippen LogP contribution in [0.15, 0.2) is 30.5 Å². The Bertz CT molecular complexity index is 569. The van der Waals surface area contributed by atoms with Crippen LogP contribution in [0.4, 0.5) is 8.78 Å². The number of carboxylic acids is 1. The van der Waals surface area contributed by atoms with E-state index in [4.69, 9.17) is 5.11 Å². The van der Waals surface area contributed by atoms with Crippen molar-refractivity contribution in [2.75, 3.05) is 0 Å². The van der Waals surface area contributed by atoms with Crippen molar-refractivity contribution in [2.45, 2.75) is 6.61 Å². The van der Waals surface area contributed by atoms with E-state index in [1.165, 1.54) is 18.2 Å². The van der Waals surface area contributed by atoms with Gasteiger partial charge in [-0.1, -0.05) is 12.1 Å². The summed E-state index contributed by atoms with van der Waals surface area (Å²) in [6.07, 6.45) is 1.11. The number of aromatic amines is 1. The van der Waals surface area contributed by atoms with Gasteiger partial charge in [-0.3, -0.25) is 5.10 Å². The molecule has 18 heavy (non-hydrogen) atoms. The van der Waals surface area contributed by atoms with Gasteiger partial charge in [0.1, 0.15) is 11.3 Å². The monoisotopic (exact) mass is 254 g/mol. The van der Waals surface area contributed by atoms with Crippen LogP contribution in [0.25, 0.3) is 11.3 Å². The SMILES string of the molecule is O=C(O)c1cn[nH]c1-c1ccccc1OC(F)F. The Kier molecular flexibility index (Phi) is 3.22. The molecule has 2 N–H and O–H groups in total. The average Bonchev–Trinajstić information content (AvgIpc) is 2.77. The smallest absolute Gasteiger partial charge is 0.387 e. The number of carboxylic acid groups (broad SMARTS) is 1. The van der Waals surface area contributed by atoms with Crippen molar-refractivity contribution in [2.24, 2.45) is 0 Å². The lowest BCUT2D eigenvalue weighted by Gasteiger charge is -2.09. The topological polar surface area (TPSA) is 75.2 Å². The van der Waals surface area contributed by atoms with Crippen molar-refractivity contribution in [3.05, 3.63) is 36.0 Å². The molecule has 0 bridgehead atoms. The van der Waals surface area contributed by atoms with Crippen LogP contribution in [0.5, 0.6) is 5.75 Å². The van der Waals surface area contributed by atoms with E-state index in [1.807, 2.05) is 0 Å². The molecule has 5 nitrogen and oxygen atoms in total. The number of H-pyrrole nitrogens is 1. The zero-order valence-corrected chi connectivity index (χ0v) is 8.93. The van der Waals surface area contributed by atoms with Gasteiger partial charge in [0.05, 0.1) is 11.9 Å². The highest BCUT2D eigenvalue weighted by molar-refractivity contribution is 5.95. The molecule has 7 heteroatoms. The molecule has 0 spiro atoms. The molecule has 2 aromatic rings. The van der Waals surface area contributed by atoms with Crippen molar-refractivity contribution >= 4 is 5.97 Å². The lowest BCUT2D eigenvalue weighted by Crippen LogP contribution is -2.04. The normalized spacial score (nSPS) is 10.6. The summed E-state index contributed by atoms with van der Waals surface area (Å²) in [7, 11) is 0. The van der Waals surface area contributed by atoms with E-state index < -0.39 is 12.6 Å². The van der Waals surface area contributed by atoms with Crippen molar-refractivity contribution in [1.82, 2.24) is 10.2 Å². The average molecular weight is 254 g/mol. The summed E-state index contributed by atoms with van der Waals surface area (Å²) < 4.78 is 28.8. The second-order valence-electron chi connectivity index (χ2n) is 3.34. The van der Waals surface area contributed by atoms with Crippen LogP contribution < -0.4 is 4.74 Å². The first-order valence-corrected chi connectivity index (χ1v) is 4.90. The Morgan fingerprint density at radius 2 is 2.11 bits per heavy atom. The molecule has 94 valence electrons. The van der Waals surface area contributed by atoms with Crippen molar-refractivity contribution in [3.8, 4) is 17.0 Å². The molecule has 1 heterocycles. The molecule has 0 aliphatic carbocycles. The zero-order chi connectivity index (χ0) is 13.1. The fourth-order valence-electron chi connectivity index (χ4n) is 1.53. The van der Waals surface area contributed by atoms with Gasteiger partial charge < -0.3 is 9.84 Å². The van der Waals surface area contributed by atoms with Crippen LogP contribution in [0, 0.1) is 0 Å². The van der Waals surface area contributed by atoms with Crippen LogP contribution in [0.1, 0.15) is 10.4 Å². The zero-order valence-electron chi connectivity index (χ0n) is 8.93. The molecular weight excluding hydrogens is 246 g/mol. The maximum Gasteiger partial charge on any atom is 0.387 e. The van der Waals surface area contributed by atoms with Crippen molar-refractivity contribution < 1.29 is 23.4 Å². The van der Waals surface area contributed by atoms with Gasteiger partial charge in [-0.2, -0.15) is 13.9 Å². The number of hydrogen-bond donors (Lipinski definition) is 2. The number of nitrogens with zero attached hydrogens (tertiary/aromatic N) is 1. The summed E-state index contributed by atoms with van der Waals surface area (Å²) >= 11 is 0. The number of aromatic carboxylic acids is 1. The molecule has 0 saturated heterocycles. The molecule has 0 unspecified atom stereocenters. The summed E-state index contributed by atoms with van der Waals surface area (Å²) in [4.78, 5) is 10.9. The maximum atomic E-state index is 12.2. The van der Waals surface area contributed by atoms with E-state index in [9.17, 15) is 13.6 Å². The van der Waals surface area contributed by atoms with E-state index in [2.05, 4.69) is 14.9 Å². The first kappa shape index (κ1) is 12.0. The van der Waals surface area contributed by atoms with Crippen LogP contribution >= 0.6 is 0 Å². The number of alkyl halides is 2. The molecule has 0 aliphatic rings. The minimum Gasteiger partial charge on any atom is -0.478 e. The van der Waals surface area contributed by atoms with Crippen molar-refractivity contribution in [3.63, 3.8) is 0 Å². The Hall–Kier alpha value is -2.44. The van der Waals surface area contributed by atoms with Crippen molar-refractivity contribution in [1.29, 1.82) is 0 Å². The Morgan fingerprint density at radius 3 is 2.78 bits per heavy atom. The fraction of sp³-hybridized carbons (Fsp3) is 0.0909. The highest BCUT2D eigenvalue weighted by atomic mass is 19.3. The summed E-state index contributed by atoms with van der Waals surface area (Å²) in [6, 6.07) is 5.89. The number of aromatic nitrogens is 2. The number of halogens is 2. The number of para-hydroxylation sites is 1. The quantitative estimate of drug-likeness (QED) is 0.878. The van der Waals surface area contributed by atoms with Gasteiger partial charge in [0.25, 0.3) is 0 Å². The van der Waals surface area contributed by atoms with Crippen LogP contribution in [0.2, 0.25) is 0 Å². The van der Waals surface area contributed by atoms with Crippen LogP contribution in [-0.4, -0.2) is 27.9 Å². The third kappa shape index (κ3) is 2.29. The number of rotatable bonds is 4. The summed E-state index contributed by atoms with van der Waals surface area (Å²) in [5.41, 5.74) is 0.228. The van der Waals surface area contributed by atoms with Gasteiger partial charge in [0.15, 0.2) is 0 Å². The molecule has 0 radical (unpaired) electrons. The van der Waals surface area contributed by atoms with E-state index >= 15 is 0 Å². The molecular formula is C11H8F2N2O3. The second-order valence-corrected chi connectivity index (χ2v) is 3.34. The fourth-order valence-corrected chi connectivity index (χ4v) is 1.53. The lowest BCUT2D eigenvalue weighted by molar-refractivity contribution is -0.0494. The van der Waals surface area contributed by atoms with Gasteiger partial charge in [-0.25, -0.2) is 4.79 Å². The summed E-state index contributed by atoms with van der Waals surface area (Å²) in [6.45, 7) is -2.98. The second kappa shape index (κ2) is 4.82. The first-order chi connectivity index (χ1) is 8.59. The molecule has 0 amide bonds. The molecule has 0 atom stereocenters.